The first-order valence-electron chi connectivity index (χ1n) is 5.44. The van der Waals surface area contributed by atoms with E-state index in [1.807, 2.05) is 19.2 Å². The molecule has 0 aliphatic carbocycles. The lowest BCUT2D eigenvalue weighted by Gasteiger charge is -2.18. The van der Waals surface area contributed by atoms with Crippen LogP contribution in [-0.2, 0) is 5.41 Å². The van der Waals surface area contributed by atoms with Crippen LogP contribution in [0.25, 0.3) is 5.82 Å². The molecule has 0 saturated heterocycles. The molecule has 0 unspecified atom stereocenters. The Balaban J connectivity index is 2.64. The Bertz CT molecular complexity index is 526. The van der Waals surface area contributed by atoms with E-state index in [1.165, 1.54) is 0 Å². The summed E-state index contributed by atoms with van der Waals surface area (Å²) in [5.41, 5.74) is 0.697. The van der Waals surface area contributed by atoms with Crippen molar-refractivity contribution in [2.45, 2.75) is 33.1 Å². The number of hydrogen-bond donors (Lipinski definition) is 0. The van der Waals surface area contributed by atoms with Gasteiger partial charge in [-0.25, -0.2) is 14.6 Å². The third-order valence-corrected chi connectivity index (χ3v) is 2.82. The Morgan fingerprint density at radius 2 is 1.94 bits per heavy atom. The van der Waals surface area contributed by atoms with Crippen molar-refractivity contribution in [1.29, 1.82) is 0 Å². The number of aromatic nitrogens is 4. The molecular weight excluding hydrogens is 236 g/mol. The predicted molar refractivity (Wildman–Crippen MR) is 67.6 cm³/mol. The van der Waals surface area contributed by atoms with E-state index in [2.05, 4.69) is 35.8 Å². The minimum absolute atomic E-state index is 0.140. The summed E-state index contributed by atoms with van der Waals surface area (Å²) in [5.74, 6) is 1.46. The van der Waals surface area contributed by atoms with Crippen molar-refractivity contribution >= 4 is 11.6 Å². The van der Waals surface area contributed by atoms with Gasteiger partial charge < -0.3 is 0 Å². The third-order valence-electron chi connectivity index (χ3n) is 2.45. The molecule has 5 heteroatoms. The average molecular weight is 251 g/mol. The van der Waals surface area contributed by atoms with Gasteiger partial charge in [-0.15, -0.1) is 0 Å². The number of halogens is 1. The van der Waals surface area contributed by atoms with E-state index >= 15 is 0 Å². The van der Waals surface area contributed by atoms with Crippen molar-refractivity contribution in [1.82, 2.24) is 19.7 Å². The summed E-state index contributed by atoms with van der Waals surface area (Å²) in [6.45, 7) is 8.06. The maximum absolute atomic E-state index is 6.15. The zero-order valence-corrected chi connectivity index (χ0v) is 11.2. The Morgan fingerprint density at radius 1 is 1.24 bits per heavy atom. The van der Waals surface area contributed by atoms with Gasteiger partial charge in [-0.1, -0.05) is 32.4 Å². The minimum Gasteiger partial charge on any atom is -0.222 e. The summed E-state index contributed by atoms with van der Waals surface area (Å²) in [7, 11) is 0. The van der Waals surface area contributed by atoms with E-state index in [1.54, 1.807) is 10.9 Å². The fourth-order valence-corrected chi connectivity index (χ4v) is 1.60. The largest absolute Gasteiger partial charge is 0.222 e. The van der Waals surface area contributed by atoms with Crippen LogP contribution in [0.2, 0.25) is 5.15 Å². The van der Waals surface area contributed by atoms with Crippen LogP contribution in [0, 0.1) is 6.92 Å². The highest BCUT2D eigenvalue weighted by molar-refractivity contribution is 6.30. The van der Waals surface area contributed by atoms with Crippen LogP contribution in [0.1, 0.15) is 32.2 Å². The molecule has 2 heterocycles. The normalized spacial score (nSPS) is 11.8. The Labute approximate surface area is 106 Å². The van der Waals surface area contributed by atoms with E-state index < -0.39 is 0 Å². The maximum Gasteiger partial charge on any atom is 0.161 e. The standard InChI is InChI=1S/C12H15ClN4/c1-8-9(13)15-11(12(2,3)4)16-10(8)17-7-5-6-14-17/h5-7H,1-4H3. The molecule has 17 heavy (non-hydrogen) atoms. The molecule has 0 N–H and O–H groups in total. The zero-order valence-electron chi connectivity index (χ0n) is 10.4. The van der Waals surface area contributed by atoms with Gasteiger partial charge in [-0.3, -0.25) is 0 Å². The first-order chi connectivity index (χ1) is 7.89. The van der Waals surface area contributed by atoms with Crippen LogP contribution in [0.4, 0.5) is 0 Å². The lowest BCUT2D eigenvalue weighted by molar-refractivity contribution is 0.541. The average Bonchev–Trinajstić information content (AvgIpc) is 2.73. The van der Waals surface area contributed by atoms with E-state index in [0.29, 0.717) is 5.15 Å². The fraction of sp³-hybridized carbons (Fsp3) is 0.417. The number of nitrogens with zero attached hydrogens (tertiary/aromatic N) is 4. The van der Waals surface area contributed by atoms with E-state index in [-0.39, 0.29) is 5.41 Å². The smallest absolute Gasteiger partial charge is 0.161 e. The molecule has 0 saturated carbocycles. The molecule has 0 amide bonds. The first kappa shape index (κ1) is 12.0. The van der Waals surface area contributed by atoms with E-state index in [9.17, 15) is 0 Å². The molecule has 2 rings (SSSR count). The Morgan fingerprint density at radius 3 is 2.47 bits per heavy atom. The third kappa shape index (κ3) is 2.31. The molecule has 0 aromatic carbocycles. The minimum atomic E-state index is -0.140. The summed E-state index contributed by atoms with van der Waals surface area (Å²) in [5, 5.41) is 4.66. The van der Waals surface area contributed by atoms with E-state index in [4.69, 9.17) is 11.6 Å². The van der Waals surface area contributed by atoms with Gasteiger partial charge in [-0.2, -0.15) is 5.10 Å². The molecule has 0 spiro atoms. The van der Waals surface area contributed by atoms with Crippen molar-refractivity contribution in [3.05, 3.63) is 35.0 Å². The SMILES string of the molecule is Cc1c(Cl)nc(C(C)(C)C)nc1-n1cccn1. The fourth-order valence-electron chi connectivity index (χ4n) is 1.43. The van der Waals surface area contributed by atoms with Gasteiger partial charge in [0.05, 0.1) is 0 Å². The quantitative estimate of drug-likeness (QED) is 0.731. The van der Waals surface area contributed by atoms with Crippen molar-refractivity contribution in [3.63, 3.8) is 0 Å². The van der Waals surface area contributed by atoms with Gasteiger partial charge in [0.15, 0.2) is 5.82 Å². The molecule has 0 atom stereocenters. The number of hydrogen-bond acceptors (Lipinski definition) is 3. The monoisotopic (exact) mass is 250 g/mol. The molecule has 4 nitrogen and oxygen atoms in total. The lowest BCUT2D eigenvalue weighted by atomic mass is 9.95. The van der Waals surface area contributed by atoms with Gasteiger partial charge in [0.1, 0.15) is 11.0 Å². The molecular formula is C12H15ClN4. The predicted octanol–water partition coefficient (Wildman–Crippen LogP) is 2.92. The van der Waals surface area contributed by atoms with Crippen molar-refractivity contribution in [3.8, 4) is 5.82 Å². The Hall–Kier alpha value is -1.42. The molecule has 0 aliphatic rings. The maximum atomic E-state index is 6.15. The summed E-state index contributed by atoms with van der Waals surface area (Å²) in [6, 6.07) is 1.85. The second-order valence-corrected chi connectivity index (χ2v) is 5.35. The molecule has 0 fully saturated rings. The molecule has 2 aromatic heterocycles. The highest BCUT2D eigenvalue weighted by Crippen LogP contribution is 2.24. The Kier molecular flexibility index (Phi) is 2.91. The van der Waals surface area contributed by atoms with Crippen LogP contribution in [0.15, 0.2) is 18.5 Å². The zero-order chi connectivity index (χ0) is 12.6. The van der Waals surface area contributed by atoms with Crippen molar-refractivity contribution in [2.24, 2.45) is 0 Å². The van der Waals surface area contributed by atoms with Crippen molar-refractivity contribution in [2.75, 3.05) is 0 Å². The molecule has 0 aliphatic heterocycles. The second kappa shape index (κ2) is 4.11. The molecule has 2 aromatic rings. The lowest BCUT2D eigenvalue weighted by Crippen LogP contribution is -2.18. The first-order valence-corrected chi connectivity index (χ1v) is 5.82. The topological polar surface area (TPSA) is 43.6 Å². The van der Waals surface area contributed by atoms with Crippen LogP contribution in [0.3, 0.4) is 0 Å². The summed E-state index contributed by atoms with van der Waals surface area (Å²) < 4.78 is 1.71. The summed E-state index contributed by atoms with van der Waals surface area (Å²) in [4.78, 5) is 8.88. The van der Waals surface area contributed by atoms with Crippen LogP contribution >= 0.6 is 11.6 Å². The van der Waals surface area contributed by atoms with Crippen LogP contribution in [-0.4, -0.2) is 19.7 Å². The van der Waals surface area contributed by atoms with Crippen LogP contribution < -0.4 is 0 Å². The molecule has 90 valence electrons. The summed E-state index contributed by atoms with van der Waals surface area (Å²) >= 11 is 6.15. The van der Waals surface area contributed by atoms with E-state index in [0.717, 1.165) is 17.2 Å². The van der Waals surface area contributed by atoms with Gasteiger partial charge in [-0.05, 0) is 13.0 Å². The summed E-state index contributed by atoms with van der Waals surface area (Å²) in [6.07, 6.45) is 3.56. The van der Waals surface area contributed by atoms with Crippen LogP contribution in [0.5, 0.6) is 0 Å². The molecule has 0 radical (unpaired) electrons. The molecule has 0 bridgehead atoms. The van der Waals surface area contributed by atoms with Gasteiger partial charge in [0.25, 0.3) is 0 Å². The highest BCUT2D eigenvalue weighted by atomic mass is 35.5. The second-order valence-electron chi connectivity index (χ2n) is 4.99. The number of rotatable bonds is 1. The highest BCUT2D eigenvalue weighted by Gasteiger charge is 2.21. The van der Waals surface area contributed by atoms with Gasteiger partial charge >= 0.3 is 0 Å². The van der Waals surface area contributed by atoms with Crippen molar-refractivity contribution < 1.29 is 0 Å². The van der Waals surface area contributed by atoms with Gasteiger partial charge in [0, 0.05) is 23.4 Å². The van der Waals surface area contributed by atoms with Gasteiger partial charge in [0.2, 0.25) is 0 Å².